The van der Waals surface area contributed by atoms with Crippen LogP contribution in [0.3, 0.4) is 0 Å². The molecule has 0 saturated carbocycles. The zero-order chi connectivity index (χ0) is 20.6. The van der Waals surface area contributed by atoms with Crippen molar-refractivity contribution < 1.29 is 14.3 Å². The van der Waals surface area contributed by atoms with Crippen LogP contribution in [0.15, 0.2) is 54.6 Å². The summed E-state index contributed by atoms with van der Waals surface area (Å²) in [6.07, 6.45) is 3.39. The van der Waals surface area contributed by atoms with Gasteiger partial charge in [-0.25, -0.2) is 0 Å². The predicted molar refractivity (Wildman–Crippen MR) is 115 cm³/mol. The van der Waals surface area contributed by atoms with Crippen molar-refractivity contribution in [3.8, 4) is 5.75 Å². The molecule has 1 heterocycles. The first-order chi connectivity index (χ1) is 14.0. The van der Waals surface area contributed by atoms with Gasteiger partial charge >= 0.3 is 0 Å². The van der Waals surface area contributed by atoms with Crippen LogP contribution in [0.5, 0.6) is 5.75 Å². The summed E-state index contributed by atoms with van der Waals surface area (Å²) in [6.45, 7) is 4.89. The number of methoxy groups -OCH3 is 1. The number of ether oxygens (including phenoxy) is 1. The van der Waals surface area contributed by atoms with Crippen molar-refractivity contribution >= 4 is 23.6 Å². The molecule has 1 aliphatic rings. The molecule has 6 nitrogen and oxygen atoms in total. The van der Waals surface area contributed by atoms with E-state index in [-0.39, 0.29) is 11.8 Å². The highest BCUT2D eigenvalue weighted by molar-refractivity contribution is 5.93. The lowest BCUT2D eigenvalue weighted by atomic mass is 10.1. The minimum atomic E-state index is -0.0394. The van der Waals surface area contributed by atoms with E-state index < -0.39 is 0 Å². The van der Waals surface area contributed by atoms with Crippen LogP contribution >= 0.6 is 0 Å². The Morgan fingerprint density at radius 1 is 1.07 bits per heavy atom. The molecular formula is C23H27N3O3. The molecule has 152 valence electrons. The van der Waals surface area contributed by atoms with Gasteiger partial charge in [-0.3, -0.25) is 14.5 Å². The van der Waals surface area contributed by atoms with E-state index in [0.29, 0.717) is 32.7 Å². The van der Waals surface area contributed by atoms with E-state index in [0.717, 1.165) is 22.6 Å². The minimum Gasteiger partial charge on any atom is -0.496 e. The van der Waals surface area contributed by atoms with E-state index >= 15 is 0 Å². The first kappa shape index (κ1) is 20.6. The number of para-hydroxylation sites is 1. The fraction of sp³-hybridized carbons (Fsp3) is 0.304. The molecule has 0 radical (unpaired) electrons. The van der Waals surface area contributed by atoms with Crippen LogP contribution in [0.1, 0.15) is 11.1 Å². The molecule has 0 bridgehead atoms. The summed E-state index contributed by atoms with van der Waals surface area (Å²) in [4.78, 5) is 28.6. The van der Waals surface area contributed by atoms with Crippen molar-refractivity contribution in [1.82, 2.24) is 9.80 Å². The highest BCUT2D eigenvalue weighted by Crippen LogP contribution is 2.21. The predicted octanol–water partition coefficient (Wildman–Crippen LogP) is 2.80. The van der Waals surface area contributed by atoms with Crippen LogP contribution in [-0.4, -0.2) is 61.4 Å². The molecule has 2 aromatic carbocycles. The summed E-state index contributed by atoms with van der Waals surface area (Å²) in [6, 6.07) is 15.3. The third-order valence-corrected chi connectivity index (χ3v) is 4.90. The van der Waals surface area contributed by atoms with Crippen molar-refractivity contribution in [2.45, 2.75) is 6.92 Å². The first-order valence-electron chi connectivity index (χ1n) is 9.74. The number of aryl methyl sites for hydroxylation is 1. The van der Waals surface area contributed by atoms with E-state index in [4.69, 9.17) is 4.74 Å². The van der Waals surface area contributed by atoms with Crippen LogP contribution in [-0.2, 0) is 9.59 Å². The van der Waals surface area contributed by atoms with Gasteiger partial charge in [0.25, 0.3) is 0 Å². The maximum absolute atomic E-state index is 12.5. The number of hydrogen-bond donors (Lipinski definition) is 1. The van der Waals surface area contributed by atoms with Gasteiger partial charge < -0.3 is 15.0 Å². The van der Waals surface area contributed by atoms with Gasteiger partial charge in [0, 0.05) is 43.5 Å². The monoisotopic (exact) mass is 393 g/mol. The minimum absolute atomic E-state index is 0.0260. The molecule has 1 aliphatic heterocycles. The Balaban J connectivity index is 1.48. The van der Waals surface area contributed by atoms with Gasteiger partial charge in [-0.05, 0) is 37.3 Å². The second kappa shape index (κ2) is 9.89. The molecule has 2 aromatic rings. The number of nitrogens with zero attached hydrogens (tertiary/aromatic N) is 2. The number of carbonyl (C=O) groups excluding carboxylic acids is 2. The van der Waals surface area contributed by atoms with Gasteiger partial charge in [0.2, 0.25) is 11.8 Å². The zero-order valence-corrected chi connectivity index (χ0v) is 16.9. The highest BCUT2D eigenvalue weighted by atomic mass is 16.5. The van der Waals surface area contributed by atoms with Gasteiger partial charge in [-0.15, -0.1) is 0 Å². The Morgan fingerprint density at radius 3 is 2.48 bits per heavy atom. The summed E-state index contributed by atoms with van der Waals surface area (Å²) < 4.78 is 5.35. The van der Waals surface area contributed by atoms with E-state index in [1.54, 1.807) is 19.3 Å². The maximum Gasteiger partial charge on any atom is 0.246 e. The van der Waals surface area contributed by atoms with Crippen LogP contribution in [0.25, 0.3) is 6.08 Å². The number of carbonyl (C=O) groups is 2. The smallest absolute Gasteiger partial charge is 0.246 e. The van der Waals surface area contributed by atoms with Crippen molar-refractivity contribution in [2.24, 2.45) is 0 Å². The van der Waals surface area contributed by atoms with Crippen molar-refractivity contribution in [2.75, 3.05) is 45.2 Å². The molecule has 0 aliphatic carbocycles. The SMILES string of the molecule is COc1ccc(C)cc1/C=C/C(=O)N1CCN(CC(=O)Nc2ccccc2)CC1. The molecule has 6 heteroatoms. The molecule has 0 atom stereocenters. The van der Waals surface area contributed by atoms with Gasteiger partial charge in [-0.1, -0.05) is 29.8 Å². The topological polar surface area (TPSA) is 61.9 Å². The van der Waals surface area contributed by atoms with E-state index in [2.05, 4.69) is 10.2 Å². The molecule has 3 rings (SSSR count). The molecule has 1 saturated heterocycles. The van der Waals surface area contributed by atoms with Gasteiger partial charge in [0.15, 0.2) is 0 Å². The van der Waals surface area contributed by atoms with Crippen molar-refractivity contribution in [3.05, 3.63) is 65.7 Å². The molecule has 1 fully saturated rings. The highest BCUT2D eigenvalue weighted by Gasteiger charge is 2.21. The molecule has 2 amide bonds. The molecular weight excluding hydrogens is 366 g/mol. The fourth-order valence-corrected chi connectivity index (χ4v) is 3.30. The normalized spacial score (nSPS) is 14.8. The fourth-order valence-electron chi connectivity index (χ4n) is 3.30. The van der Waals surface area contributed by atoms with E-state index in [1.807, 2.05) is 60.4 Å². The van der Waals surface area contributed by atoms with Gasteiger partial charge in [-0.2, -0.15) is 0 Å². The lowest BCUT2D eigenvalue weighted by molar-refractivity contribution is -0.127. The number of hydrogen-bond acceptors (Lipinski definition) is 4. The zero-order valence-electron chi connectivity index (χ0n) is 16.9. The maximum atomic E-state index is 12.5. The first-order valence-corrected chi connectivity index (χ1v) is 9.74. The average Bonchev–Trinajstić information content (AvgIpc) is 2.73. The van der Waals surface area contributed by atoms with Crippen LogP contribution in [0, 0.1) is 6.92 Å². The Labute approximate surface area is 171 Å². The standard InChI is InChI=1S/C23H27N3O3/c1-18-8-10-21(29-2)19(16-18)9-11-23(28)26-14-12-25(13-15-26)17-22(27)24-20-6-4-3-5-7-20/h3-11,16H,12-15,17H2,1-2H3,(H,24,27)/b11-9+. The number of piperazine rings is 1. The van der Waals surface area contributed by atoms with Crippen LogP contribution in [0.4, 0.5) is 5.69 Å². The number of benzene rings is 2. The van der Waals surface area contributed by atoms with Gasteiger partial charge in [0.05, 0.1) is 13.7 Å². The molecule has 29 heavy (non-hydrogen) atoms. The summed E-state index contributed by atoms with van der Waals surface area (Å²) in [5.41, 5.74) is 2.79. The van der Waals surface area contributed by atoms with Crippen molar-refractivity contribution in [3.63, 3.8) is 0 Å². The number of amides is 2. The quantitative estimate of drug-likeness (QED) is 0.767. The summed E-state index contributed by atoms with van der Waals surface area (Å²) in [5, 5.41) is 2.89. The van der Waals surface area contributed by atoms with E-state index in [1.165, 1.54) is 0 Å². The third kappa shape index (κ3) is 5.93. The van der Waals surface area contributed by atoms with E-state index in [9.17, 15) is 9.59 Å². The van der Waals surface area contributed by atoms with Gasteiger partial charge in [0.1, 0.15) is 5.75 Å². The summed E-state index contributed by atoms with van der Waals surface area (Å²) >= 11 is 0. The van der Waals surface area contributed by atoms with Crippen molar-refractivity contribution in [1.29, 1.82) is 0 Å². The third-order valence-electron chi connectivity index (χ3n) is 4.90. The number of anilines is 1. The second-order valence-corrected chi connectivity index (χ2v) is 7.09. The van der Waals surface area contributed by atoms with Crippen LogP contribution in [0.2, 0.25) is 0 Å². The molecule has 0 spiro atoms. The average molecular weight is 393 g/mol. The molecule has 0 unspecified atom stereocenters. The lowest BCUT2D eigenvalue weighted by Crippen LogP contribution is -2.50. The molecule has 0 aromatic heterocycles. The summed E-state index contributed by atoms with van der Waals surface area (Å²) in [7, 11) is 1.62. The Bertz CT molecular complexity index is 872. The number of nitrogens with one attached hydrogen (secondary N) is 1. The van der Waals surface area contributed by atoms with Crippen LogP contribution < -0.4 is 10.1 Å². The largest absolute Gasteiger partial charge is 0.496 e. The number of rotatable bonds is 6. The Hall–Kier alpha value is -3.12. The Kier molecular flexibility index (Phi) is 7.03. The summed E-state index contributed by atoms with van der Waals surface area (Å²) in [5.74, 6) is 0.679. The Morgan fingerprint density at radius 2 is 1.79 bits per heavy atom. The molecule has 1 N–H and O–H groups in total. The lowest BCUT2D eigenvalue weighted by Gasteiger charge is -2.33. The second-order valence-electron chi connectivity index (χ2n) is 7.09.